The predicted molar refractivity (Wildman–Crippen MR) is 69.9 cm³/mol. The number of H-pyrrole nitrogens is 2. The molecule has 5 nitrogen and oxygen atoms in total. The zero-order valence-corrected chi connectivity index (χ0v) is 11.0. The van der Waals surface area contributed by atoms with Crippen molar-refractivity contribution in [2.75, 3.05) is 0 Å². The number of nitrogens with zero attached hydrogens (tertiary/aromatic N) is 2. The second-order valence-electron chi connectivity index (χ2n) is 4.39. The average molecular weight is 252 g/mol. The van der Waals surface area contributed by atoms with Gasteiger partial charge in [0.15, 0.2) is 5.65 Å². The van der Waals surface area contributed by atoms with Crippen LogP contribution in [-0.2, 0) is 6.54 Å². The fraction of sp³-hybridized carbons (Fsp3) is 0.545. The van der Waals surface area contributed by atoms with Gasteiger partial charge in [0.2, 0.25) is 0 Å². The highest BCUT2D eigenvalue weighted by Crippen LogP contribution is 2.16. The molecule has 0 spiro atoms. The summed E-state index contributed by atoms with van der Waals surface area (Å²) in [6.07, 6.45) is 0.878. The van der Waals surface area contributed by atoms with Crippen molar-refractivity contribution in [3.05, 3.63) is 20.9 Å². The fourth-order valence-corrected chi connectivity index (χ4v) is 1.99. The molecule has 0 aromatic carbocycles. The Morgan fingerprint density at radius 2 is 2.12 bits per heavy atom. The molecule has 17 heavy (non-hydrogen) atoms. The molecule has 2 aromatic rings. The van der Waals surface area contributed by atoms with Crippen molar-refractivity contribution in [2.45, 2.75) is 39.7 Å². The Morgan fingerprint density at radius 1 is 1.41 bits per heavy atom. The van der Waals surface area contributed by atoms with Gasteiger partial charge in [-0.2, -0.15) is 0 Å². The maximum atomic E-state index is 11.8. The smallest absolute Gasteiger partial charge is 0.328 e. The summed E-state index contributed by atoms with van der Waals surface area (Å²) < 4.78 is 2.06. The van der Waals surface area contributed by atoms with Crippen molar-refractivity contribution in [2.24, 2.45) is 0 Å². The largest absolute Gasteiger partial charge is 0.338 e. The Balaban J connectivity index is 2.80. The molecule has 2 heterocycles. The first-order chi connectivity index (χ1) is 8.04. The third-order valence-corrected chi connectivity index (χ3v) is 2.95. The van der Waals surface area contributed by atoms with Crippen LogP contribution in [0.3, 0.4) is 0 Å². The number of fused-ring (bicyclic) bond motifs is 1. The monoisotopic (exact) mass is 252 g/mol. The van der Waals surface area contributed by atoms with Gasteiger partial charge in [-0.25, -0.2) is 9.78 Å². The van der Waals surface area contributed by atoms with Gasteiger partial charge in [0.1, 0.15) is 16.0 Å². The lowest BCUT2D eigenvalue weighted by Gasteiger charge is -2.03. The topological polar surface area (TPSA) is 66.5 Å². The van der Waals surface area contributed by atoms with E-state index < -0.39 is 0 Å². The van der Waals surface area contributed by atoms with Gasteiger partial charge >= 0.3 is 5.69 Å². The van der Waals surface area contributed by atoms with Crippen molar-refractivity contribution >= 4 is 23.4 Å². The van der Waals surface area contributed by atoms with Gasteiger partial charge in [0.25, 0.3) is 0 Å². The highest BCUT2D eigenvalue weighted by Gasteiger charge is 2.12. The number of aromatic nitrogens is 4. The quantitative estimate of drug-likeness (QED) is 0.824. The van der Waals surface area contributed by atoms with Crippen LogP contribution in [0.4, 0.5) is 0 Å². The number of nitrogens with one attached hydrogen (secondary N) is 2. The first kappa shape index (κ1) is 12.0. The van der Waals surface area contributed by atoms with Crippen LogP contribution in [0.5, 0.6) is 0 Å². The molecule has 0 radical (unpaired) electrons. The molecule has 0 saturated carbocycles. The van der Waals surface area contributed by atoms with E-state index in [0.29, 0.717) is 16.8 Å². The van der Waals surface area contributed by atoms with Crippen LogP contribution in [0.25, 0.3) is 11.2 Å². The first-order valence-corrected chi connectivity index (χ1v) is 6.18. The number of hydrogen-bond acceptors (Lipinski definition) is 3. The zero-order chi connectivity index (χ0) is 12.6. The predicted octanol–water partition coefficient (Wildman–Crippen LogP) is 2.32. The second kappa shape index (κ2) is 4.44. The summed E-state index contributed by atoms with van der Waals surface area (Å²) in [6.45, 7) is 6.76. The van der Waals surface area contributed by atoms with E-state index in [1.54, 1.807) is 4.57 Å². The van der Waals surface area contributed by atoms with E-state index in [-0.39, 0.29) is 11.6 Å². The van der Waals surface area contributed by atoms with Crippen LogP contribution >= 0.6 is 12.2 Å². The SMILES string of the molecule is CCCn1c(=O)[nH]c(=S)c2[nH]c(C(C)C)nc21. The summed E-state index contributed by atoms with van der Waals surface area (Å²) in [5.74, 6) is 1.14. The van der Waals surface area contributed by atoms with E-state index in [2.05, 4.69) is 15.0 Å². The van der Waals surface area contributed by atoms with Gasteiger partial charge in [0.05, 0.1) is 0 Å². The molecule has 0 saturated heterocycles. The minimum absolute atomic E-state index is 0.189. The summed E-state index contributed by atoms with van der Waals surface area (Å²) in [6, 6.07) is 0. The summed E-state index contributed by atoms with van der Waals surface area (Å²) in [5, 5.41) is 0. The van der Waals surface area contributed by atoms with Crippen molar-refractivity contribution in [1.82, 2.24) is 19.5 Å². The van der Waals surface area contributed by atoms with Gasteiger partial charge in [-0.3, -0.25) is 9.55 Å². The maximum absolute atomic E-state index is 11.8. The Hall–Kier alpha value is -1.43. The van der Waals surface area contributed by atoms with Crippen LogP contribution in [0.1, 0.15) is 38.9 Å². The number of hydrogen-bond donors (Lipinski definition) is 2. The van der Waals surface area contributed by atoms with E-state index >= 15 is 0 Å². The molecule has 0 aliphatic carbocycles. The summed E-state index contributed by atoms with van der Waals surface area (Å²) in [4.78, 5) is 22.1. The lowest BCUT2D eigenvalue weighted by molar-refractivity contribution is 0.653. The van der Waals surface area contributed by atoms with E-state index in [4.69, 9.17) is 12.2 Å². The van der Waals surface area contributed by atoms with Crippen molar-refractivity contribution in [1.29, 1.82) is 0 Å². The third-order valence-electron chi connectivity index (χ3n) is 2.65. The molecule has 92 valence electrons. The minimum atomic E-state index is -0.189. The molecule has 0 atom stereocenters. The summed E-state index contributed by atoms with van der Waals surface area (Å²) >= 11 is 5.14. The minimum Gasteiger partial charge on any atom is -0.338 e. The van der Waals surface area contributed by atoms with Crippen LogP contribution < -0.4 is 5.69 Å². The average Bonchev–Trinajstić information content (AvgIpc) is 2.69. The van der Waals surface area contributed by atoms with Crippen molar-refractivity contribution in [3.63, 3.8) is 0 Å². The van der Waals surface area contributed by atoms with Crippen LogP contribution in [-0.4, -0.2) is 19.5 Å². The third kappa shape index (κ3) is 2.04. The molecule has 0 aliphatic rings. The molecular weight excluding hydrogens is 236 g/mol. The molecule has 2 N–H and O–H groups in total. The van der Waals surface area contributed by atoms with Crippen LogP contribution in [0.15, 0.2) is 4.79 Å². The number of imidazole rings is 1. The van der Waals surface area contributed by atoms with Gasteiger partial charge < -0.3 is 4.98 Å². The molecule has 0 fully saturated rings. The lowest BCUT2D eigenvalue weighted by Crippen LogP contribution is -2.23. The highest BCUT2D eigenvalue weighted by atomic mass is 32.1. The van der Waals surface area contributed by atoms with Gasteiger partial charge in [-0.15, -0.1) is 0 Å². The van der Waals surface area contributed by atoms with Gasteiger partial charge in [-0.05, 0) is 6.42 Å². The van der Waals surface area contributed by atoms with Crippen LogP contribution in [0.2, 0.25) is 0 Å². The first-order valence-electron chi connectivity index (χ1n) is 5.77. The Labute approximate surface area is 104 Å². The molecule has 0 bridgehead atoms. The standard InChI is InChI=1S/C11H16N4OS/c1-4-5-15-9-7(10(17)14-11(15)16)12-8(13-9)6(2)3/h6H,4-5H2,1-3H3,(H,12,13)(H,14,16,17). The van der Waals surface area contributed by atoms with Crippen molar-refractivity contribution < 1.29 is 0 Å². The maximum Gasteiger partial charge on any atom is 0.328 e. The lowest BCUT2D eigenvalue weighted by atomic mass is 10.2. The Morgan fingerprint density at radius 3 is 2.71 bits per heavy atom. The Bertz CT molecular complexity index is 650. The normalized spacial score (nSPS) is 11.5. The van der Waals surface area contributed by atoms with E-state index in [9.17, 15) is 4.79 Å². The molecule has 6 heteroatoms. The highest BCUT2D eigenvalue weighted by molar-refractivity contribution is 7.71. The zero-order valence-electron chi connectivity index (χ0n) is 10.2. The molecule has 2 aromatic heterocycles. The number of aryl methyl sites for hydroxylation is 1. The molecular formula is C11H16N4OS. The molecule has 0 unspecified atom stereocenters. The summed E-state index contributed by atoms with van der Waals surface area (Å²) in [5.41, 5.74) is 1.22. The second-order valence-corrected chi connectivity index (χ2v) is 4.79. The van der Waals surface area contributed by atoms with E-state index in [1.807, 2.05) is 20.8 Å². The Kier molecular flexibility index (Phi) is 3.15. The molecule has 0 aliphatic heterocycles. The van der Waals surface area contributed by atoms with Crippen LogP contribution in [0, 0.1) is 4.64 Å². The molecule has 0 amide bonds. The number of aromatic amines is 2. The van der Waals surface area contributed by atoms with E-state index in [0.717, 1.165) is 17.8 Å². The van der Waals surface area contributed by atoms with E-state index in [1.165, 1.54) is 0 Å². The number of rotatable bonds is 3. The summed E-state index contributed by atoms with van der Waals surface area (Å²) in [7, 11) is 0. The van der Waals surface area contributed by atoms with Gasteiger partial charge in [-0.1, -0.05) is 33.0 Å². The molecule has 2 rings (SSSR count). The fourth-order valence-electron chi connectivity index (χ4n) is 1.76. The van der Waals surface area contributed by atoms with Gasteiger partial charge in [0, 0.05) is 12.5 Å². The van der Waals surface area contributed by atoms with Crippen molar-refractivity contribution in [3.8, 4) is 0 Å².